The van der Waals surface area contributed by atoms with Crippen molar-refractivity contribution in [2.75, 3.05) is 19.6 Å². The number of nitrogens with zero attached hydrogens (tertiary/aromatic N) is 2. The Hall–Kier alpha value is -2.35. The fraction of sp³-hybridized carbons (Fsp3) is 0.500. The summed E-state index contributed by atoms with van der Waals surface area (Å²) < 4.78 is 40.6. The minimum absolute atomic E-state index is 0.160. The Morgan fingerprint density at radius 2 is 2.04 bits per heavy atom. The van der Waals surface area contributed by atoms with Crippen molar-refractivity contribution >= 4 is 0 Å². The van der Waals surface area contributed by atoms with Crippen LogP contribution >= 0.6 is 0 Å². The molecule has 8 heteroatoms. The summed E-state index contributed by atoms with van der Waals surface area (Å²) in [4.78, 5) is 27.8. The molecule has 1 aliphatic carbocycles. The summed E-state index contributed by atoms with van der Waals surface area (Å²) in [7, 11) is 0. The smallest absolute Gasteiger partial charge is 0.302 e. The molecule has 1 unspecified atom stereocenters. The summed E-state index contributed by atoms with van der Waals surface area (Å²) in [5, 5.41) is 0. The van der Waals surface area contributed by atoms with Crippen LogP contribution in [0, 0.1) is 12.8 Å². The van der Waals surface area contributed by atoms with Gasteiger partial charge in [0.05, 0.1) is 5.56 Å². The number of H-pyrrole nitrogens is 1. The summed E-state index contributed by atoms with van der Waals surface area (Å²) in [5.41, 5.74) is -0.263. The maximum atomic E-state index is 13.0. The predicted molar refractivity (Wildman–Crippen MR) is 98.3 cm³/mol. The molecule has 0 spiro atoms. The highest BCUT2D eigenvalue weighted by Crippen LogP contribution is 2.59. The molecule has 0 radical (unpaired) electrons. The first-order valence-electron chi connectivity index (χ1n) is 9.39. The second-order valence-corrected chi connectivity index (χ2v) is 7.99. The monoisotopic (exact) mass is 393 g/mol. The van der Waals surface area contributed by atoms with E-state index in [2.05, 4.69) is 9.88 Å². The molecular weight excluding hydrogens is 371 g/mol. The molecule has 150 valence electrons. The van der Waals surface area contributed by atoms with Crippen molar-refractivity contribution in [3.05, 3.63) is 68.0 Å². The zero-order chi connectivity index (χ0) is 20.1. The molecule has 1 aromatic carbocycles. The van der Waals surface area contributed by atoms with Gasteiger partial charge >= 0.3 is 11.9 Å². The van der Waals surface area contributed by atoms with Crippen LogP contribution in [0.3, 0.4) is 0 Å². The number of hydrogen-bond donors (Lipinski definition) is 1. The number of aromatic nitrogens is 2. The molecule has 1 saturated carbocycles. The van der Waals surface area contributed by atoms with E-state index < -0.39 is 17.4 Å². The third-order valence-electron chi connectivity index (χ3n) is 6.04. The lowest BCUT2D eigenvalue weighted by molar-refractivity contribution is -0.137. The van der Waals surface area contributed by atoms with Gasteiger partial charge in [0.2, 0.25) is 0 Å². The van der Waals surface area contributed by atoms with Crippen LogP contribution in [0.1, 0.15) is 29.5 Å². The topological polar surface area (TPSA) is 58.1 Å². The Balaban J connectivity index is 1.39. The maximum absolute atomic E-state index is 13.0. The second kappa shape index (κ2) is 6.62. The normalized spacial score (nSPS) is 24.4. The van der Waals surface area contributed by atoms with E-state index in [0.717, 1.165) is 44.1 Å². The lowest BCUT2D eigenvalue weighted by Gasteiger charge is -2.21. The Morgan fingerprint density at radius 3 is 2.79 bits per heavy atom. The van der Waals surface area contributed by atoms with E-state index in [0.29, 0.717) is 18.0 Å². The number of nitrogens with one attached hydrogen (secondary N) is 1. The molecule has 2 aliphatic rings. The number of fused-ring (bicyclic) bond motifs is 1. The van der Waals surface area contributed by atoms with Crippen molar-refractivity contribution in [2.24, 2.45) is 5.92 Å². The van der Waals surface area contributed by atoms with Gasteiger partial charge in [-0.05, 0) is 43.9 Å². The molecular formula is C20H22F3N3O2. The van der Waals surface area contributed by atoms with Gasteiger partial charge in [-0.1, -0.05) is 18.2 Å². The number of likely N-dealkylation sites (tertiary alicyclic amines) is 1. The van der Waals surface area contributed by atoms with Crippen molar-refractivity contribution in [1.82, 2.24) is 14.5 Å². The predicted octanol–water partition coefficient (Wildman–Crippen LogP) is 2.53. The molecule has 2 heterocycles. The average Bonchev–Trinajstić information content (AvgIpc) is 3.21. The van der Waals surface area contributed by atoms with Gasteiger partial charge in [-0.15, -0.1) is 0 Å². The molecule has 4 rings (SSSR count). The minimum atomic E-state index is -4.32. The van der Waals surface area contributed by atoms with Crippen LogP contribution in [0.4, 0.5) is 13.2 Å². The van der Waals surface area contributed by atoms with E-state index in [1.54, 1.807) is 19.2 Å². The van der Waals surface area contributed by atoms with Crippen molar-refractivity contribution < 1.29 is 13.2 Å². The summed E-state index contributed by atoms with van der Waals surface area (Å²) in [5.74, 6) is 0.397. The summed E-state index contributed by atoms with van der Waals surface area (Å²) in [6.07, 6.45) is -1.09. The molecule has 28 heavy (non-hydrogen) atoms. The van der Waals surface area contributed by atoms with Gasteiger partial charge < -0.3 is 9.47 Å². The fourth-order valence-corrected chi connectivity index (χ4v) is 4.46. The van der Waals surface area contributed by atoms with Crippen molar-refractivity contribution in [2.45, 2.75) is 37.9 Å². The minimum Gasteiger partial charge on any atom is -0.302 e. The molecule has 2 aromatic rings. The van der Waals surface area contributed by atoms with Crippen LogP contribution in [0.2, 0.25) is 0 Å². The van der Waals surface area contributed by atoms with Crippen molar-refractivity contribution in [3.8, 4) is 0 Å². The molecule has 2 fully saturated rings. The number of piperidine rings is 1. The van der Waals surface area contributed by atoms with Crippen LogP contribution in [-0.2, 0) is 18.1 Å². The number of hydrogen-bond acceptors (Lipinski definition) is 3. The van der Waals surface area contributed by atoms with Crippen LogP contribution in [0.25, 0.3) is 0 Å². The van der Waals surface area contributed by atoms with E-state index in [-0.39, 0.29) is 11.0 Å². The van der Waals surface area contributed by atoms with Gasteiger partial charge in [0, 0.05) is 36.8 Å². The second-order valence-electron chi connectivity index (χ2n) is 7.99. The van der Waals surface area contributed by atoms with E-state index in [9.17, 15) is 22.8 Å². The number of benzene rings is 1. The number of halogens is 3. The van der Waals surface area contributed by atoms with Gasteiger partial charge in [0.1, 0.15) is 0 Å². The van der Waals surface area contributed by atoms with Gasteiger partial charge in [0.15, 0.2) is 0 Å². The third-order valence-corrected chi connectivity index (χ3v) is 6.04. The fourth-order valence-electron chi connectivity index (χ4n) is 4.46. The summed E-state index contributed by atoms with van der Waals surface area (Å²) >= 11 is 0. The standard InChI is InChI=1S/C20H22F3N3O2/c1-13-10-26(18(28)24-17(13)27)7-3-6-25-11-16-9-19(16,12-25)14-4-2-5-15(8-14)20(21,22)23/h2,4-5,8,10,16H,3,6-7,9,11-12H2,1H3,(H,24,27,28)/t16?,19-/m0/s1. The number of alkyl halides is 3. The largest absolute Gasteiger partial charge is 0.416 e. The van der Waals surface area contributed by atoms with Crippen molar-refractivity contribution in [1.29, 1.82) is 0 Å². The molecule has 2 atom stereocenters. The van der Waals surface area contributed by atoms with Crippen LogP contribution < -0.4 is 11.2 Å². The Morgan fingerprint density at radius 1 is 1.25 bits per heavy atom. The average molecular weight is 393 g/mol. The zero-order valence-electron chi connectivity index (χ0n) is 15.6. The van der Waals surface area contributed by atoms with Crippen LogP contribution in [0.15, 0.2) is 40.1 Å². The zero-order valence-corrected chi connectivity index (χ0v) is 15.6. The van der Waals surface area contributed by atoms with Crippen molar-refractivity contribution in [3.63, 3.8) is 0 Å². The highest BCUT2D eigenvalue weighted by atomic mass is 19.4. The molecule has 5 nitrogen and oxygen atoms in total. The maximum Gasteiger partial charge on any atom is 0.416 e. The quantitative estimate of drug-likeness (QED) is 0.849. The summed E-state index contributed by atoms with van der Waals surface area (Å²) in [6.45, 7) is 4.53. The number of aryl methyl sites for hydroxylation is 2. The summed E-state index contributed by atoms with van der Waals surface area (Å²) in [6, 6.07) is 5.72. The SMILES string of the molecule is Cc1cn(CCCN2CC3C[C@@]3(c3cccc(C(F)(F)F)c3)C2)c(=O)[nH]c1=O. The molecule has 1 aromatic heterocycles. The first-order chi connectivity index (χ1) is 13.2. The molecule has 0 amide bonds. The van der Waals surface area contributed by atoms with Crippen LogP contribution in [0.5, 0.6) is 0 Å². The molecule has 1 N–H and O–H groups in total. The van der Waals surface area contributed by atoms with Gasteiger partial charge in [-0.25, -0.2) is 4.79 Å². The van der Waals surface area contributed by atoms with Gasteiger partial charge in [0.25, 0.3) is 5.56 Å². The molecule has 1 aliphatic heterocycles. The van der Waals surface area contributed by atoms with Gasteiger partial charge in [-0.2, -0.15) is 13.2 Å². The van der Waals surface area contributed by atoms with E-state index in [1.807, 2.05) is 0 Å². The lowest BCUT2D eigenvalue weighted by atomic mass is 9.93. The van der Waals surface area contributed by atoms with E-state index in [4.69, 9.17) is 0 Å². The third kappa shape index (κ3) is 3.41. The van der Waals surface area contributed by atoms with Crippen LogP contribution in [-0.4, -0.2) is 34.1 Å². The molecule has 1 saturated heterocycles. The van der Waals surface area contributed by atoms with E-state index >= 15 is 0 Å². The Bertz CT molecular complexity index is 1010. The molecule has 0 bridgehead atoms. The lowest BCUT2D eigenvalue weighted by Crippen LogP contribution is -2.32. The van der Waals surface area contributed by atoms with Gasteiger partial charge in [-0.3, -0.25) is 9.78 Å². The highest BCUT2D eigenvalue weighted by molar-refractivity contribution is 5.40. The number of aromatic amines is 1. The first-order valence-corrected chi connectivity index (χ1v) is 9.39. The first kappa shape index (κ1) is 19.0. The Kier molecular flexibility index (Phi) is 4.49. The number of rotatable bonds is 5. The highest BCUT2D eigenvalue weighted by Gasteiger charge is 2.60. The van der Waals surface area contributed by atoms with E-state index in [1.165, 1.54) is 16.7 Å². The Labute approximate surface area is 159 Å².